The van der Waals surface area contributed by atoms with Gasteiger partial charge in [-0.25, -0.2) is 0 Å². The van der Waals surface area contributed by atoms with Gasteiger partial charge in [-0.3, -0.25) is 0 Å². The minimum Gasteiger partial charge on any atom is -0.389 e. The molecule has 0 bridgehead atoms. The van der Waals surface area contributed by atoms with Crippen LogP contribution in [0.3, 0.4) is 0 Å². The summed E-state index contributed by atoms with van der Waals surface area (Å²) in [5.41, 5.74) is 3.29. The van der Waals surface area contributed by atoms with Gasteiger partial charge in [0, 0.05) is 44.4 Å². The summed E-state index contributed by atoms with van der Waals surface area (Å²) in [5.74, 6) is 0. The van der Waals surface area contributed by atoms with E-state index in [0.717, 1.165) is 20.1 Å². The normalized spacial score (nSPS) is 18.2. The molecule has 0 atom stereocenters. The zero-order chi connectivity index (χ0) is 17.2. The molecule has 2 aromatic rings. The van der Waals surface area contributed by atoms with Crippen molar-refractivity contribution in [2.45, 2.75) is 6.92 Å². The molecular weight excluding hydrogens is 464 g/mol. The standard InChI is InChI=1S/C16H10BBr2ClF2N2/c1-9-3-2-4-10(20)15(9)16-11-5-7-13(18)23(11)17(21,22)24-12(16)6-8-14(24)19/h2-8H,1H3. The van der Waals surface area contributed by atoms with E-state index < -0.39 is 6.97 Å². The third kappa shape index (κ3) is 2.07. The molecule has 1 aromatic carbocycles. The third-order valence-corrected chi connectivity index (χ3v) is 5.95. The van der Waals surface area contributed by atoms with Gasteiger partial charge in [0.1, 0.15) is 0 Å². The first-order chi connectivity index (χ1) is 11.3. The van der Waals surface area contributed by atoms with Gasteiger partial charge in [0.2, 0.25) is 4.62 Å². The maximum atomic E-state index is 15.2. The maximum Gasteiger partial charge on any atom is 0.738 e. The fourth-order valence-electron chi connectivity index (χ4n) is 3.34. The second kappa shape index (κ2) is 5.41. The molecule has 0 amide bonds. The highest BCUT2D eigenvalue weighted by molar-refractivity contribution is 9.18. The van der Waals surface area contributed by atoms with E-state index in [9.17, 15) is 0 Å². The van der Waals surface area contributed by atoms with E-state index >= 15 is 8.63 Å². The lowest BCUT2D eigenvalue weighted by Crippen LogP contribution is -2.50. The number of allylic oxidation sites excluding steroid dienone is 2. The van der Waals surface area contributed by atoms with Crippen molar-refractivity contribution >= 4 is 60.6 Å². The van der Waals surface area contributed by atoms with Crippen LogP contribution in [0.5, 0.6) is 0 Å². The number of halogens is 5. The highest BCUT2D eigenvalue weighted by atomic mass is 79.9. The monoisotopic (exact) mass is 472 g/mol. The maximum absolute atomic E-state index is 15.2. The summed E-state index contributed by atoms with van der Waals surface area (Å²) in [5, 5.41) is 0.537. The largest absolute Gasteiger partial charge is 0.738 e. The molecule has 24 heavy (non-hydrogen) atoms. The van der Waals surface area contributed by atoms with Crippen molar-refractivity contribution < 1.29 is 13.1 Å². The van der Waals surface area contributed by atoms with E-state index in [1.807, 2.05) is 19.1 Å². The van der Waals surface area contributed by atoms with Gasteiger partial charge in [0.15, 0.2) is 5.70 Å². The highest BCUT2D eigenvalue weighted by Crippen LogP contribution is 2.44. The molecule has 0 radical (unpaired) electrons. The fraction of sp³-hybridized carbons (Fsp3) is 0.0625. The number of rotatable bonds is 1. The molecule has 8 heteroatoms. The van der Waals surface area contributed by atoms with Crippen LogP contribution in [0.25, 0.3) is 5.57 Å². The van der Waals surface area contributed by atoms with E-state index in [0.29, 0.717) is 31.2 Å². The van der Waals surface area contributed by atoms with Crippen LogP contribution < -0.4 is 0 Å². The summed E-state index contributed by atoms with van der Waals surface area (Å²) in [4.78, 5) is 0. The Morgan fingerprint density at radius 1 is 1.12 bits per heavy atom. The topological polar surface area (TPSA) is 7.94 Å². The first kappa shape index (κ1) is 16.3. The summed E-state index contributed by atoms with van der Waals surface area (Å²) in [6.07, 6.45) is 3.33. The van der Waals surface area contributed by atoms with Gasteiger partial charge >= 0.3 is 6.97 Å². The lowest BCUT2D eigenvalue weighted by Gasteiger charge is -2.32. The van der Waals surface area contributed by atoms with E-state index in [2.05, 4.69) is 31.9 Å². The first-order valence-corrected chi connectivity index (χ1v) is 9.19. The van der Waals surface area contributed by atoms with Crippen molar-refractivity contribution in [2.75, 3.05) is 0 Å². The van der Waals surface area contributed by atoms with Crippen LogP contribution in [0.1, 0.15) is 16.8 Å². The number of fused-ring (bicyclic) bond motifs is 2. The van der Waals surface area contributed by atoms with Crippen LogP contribution in [0, 0.1) is 6.92 Å². The molecule has 0 aliphatic carbocycles. The Bertz CT molecular complexity index is 972. The van der Waals surface area contributed by atoms with Gasteiger partial charge in [-0.15, -0.1) is 0 Å². The van der Waals surface area contributed by atoms with Crippen molar-refractivity contribution in [2.24, 2.45) is 0 Å². The smallest absolute Gasteiger partial charge is 0.389 e. The highest BCUT2D eigenvalue weighted by Gasteiger charge is 2.54. The third-order valence-electron chi connectivity index (χ3n) is 4.34. The number of nitrogens with zero attached hydrogens (tertiary/aromatic N) is 2. The summed E-state index contributed by atoms with van der Waals surface area (Å²) in [6.45, 7) is -2.08. The molecule has 2 nitrogen and oxygen atoms in total. The molecular formula is C16H10BBr2ClF2N2. The van der Waals surface area contributed by atoms with E-state index in [4.69, 9.17) is 11.6 Å². The minimum absolute atomic E-state index is 0.330. The minimum atomic E-state index is -4.01. The Labute approximate surface area is 159 Å². The molecule has 122 valence electrons. The van der Waals surface area contributed by atoms with Gasteiger partial charge in [0.05, 0.1) is 10.2 Å². The Kier molecular flexibility index (Phi) is 3.68. The number of hydrogen-bond donors (Lipinski definition) is 0. The molecule has 0 saturated heterocycles. The molecule has 0 unspecified atom stereocenters. The molecule has 0 N–H and O–H groups in total. The number of aromatic nitrogens is 1. The number of aryl methyl sites for hydroxylation is 1. The van der Waals surface area contributed by atoms with Gasteiger partial charge in [-0.1, -0.05) is 23.7 Å². The predicted molar refractivity (Wildman–Crippen MR) is 101 cm³/mol. The van der Waals surface area contributed by atoms with Crippen molar-refractivity contribution in [3.05, 3.63) is 74.6 Å². The molecule has 4 rings (SSSR count). The summed E-state index contributed by atoms with van der Waals surface area (Å²) in [7, 11) is 0. The summed E-state index contributed by atoms with van der Waals surface area (Å²) < 4.78 is 33.0. The van der Waals surface area contributed by atoms with Gasteiger partial charge < -0.3 is 17.6 Å². The summed E-state index contributed by atoms with van der Waals surface area (Å²) >= 11 is 12.9. The van der Waals surface area contributed by atoms with Crippen LogP contribution >= 0.6 is 43.5 Å². The van der Waals surface area contributed by atoms with E-state index in [-0.39, 0.29) is 0 Å². The molecule has 2 aliphatic rings. The molecule has 0 spiro atoms. The molecule has 0 fully saturated rings. The number of hydrogen-bond acceptors (Lipinski definition) is 0. The quantitative estimate of drug-likeness (QED) is 0.477. The molecule has 3 heterocycles. The van der Waals surface area contributed by atoms with E-state index in [1.165, 1.54) is 0 Å². The average molecular weight is 474 g/mol. The van der Waals surface area contributed by atoms with E-state index in [1.54, 1.807) is 30.4 Å². The molecule has 0 saturated carbocycles. The van der Waals surface area contributed by atoms with Gasteiger partial charge in [-0.2, -0.15) is 0 Å². The number of benzene rings is 1. The van der Waals surface area contributed by atoms with Gasteiger partial charge in [-0.05, 0) is 46.6 Å². The van der Waals surface area contributed by atoms with Crippen LogP contribution in [-0.2, 0) is 0 Å². The molecule has 1 aromatic heterocycles. The zero-order valence-electron chi connectivity index (χ0n) is 12.4. The average Bonchev–Trinajstić information content (AvgIpc) is 3.07. The van der Waals surface area contributed by atoms with Crippen molar-refractivity contribution in [3.63, 3.8) is 0 Å². The second-order valence-corrected chi connectivity index (χ2v) is 7.75. The Morgan fingerprint density at radius 3 is 2.58 bits per heavy atom. The Balaban J connectivity index is 2.17. The Hall–Kier alpha value is -1.18. The lowest BCUT2D eigenvalue weighted by atomic mass is 9.85. The van der Waals surface area contributed by atoms with Crippen LogP contribution in [0.15, 0.2) is 52.8 Å². The second-order valence-electron chi connectivity index (χ2n) is 5.72. The Morgan fingerprint density at radius 2 is 1.88 bits per heavy atom. The van der Waals surface area contributed by atoms with Crippen molar-refractivity contribution in [1.29, 1.82) is 0 Å². The fourth-order valence-corrected chi connectivity index (χ4v) is 4.79. The zero-order valence-corrected chi connectivity index (χ0v) is 16.3. The summed E-state index contributed by atoms with van der Waals surface area (Å²) in [6, 6.07) is 8.89. The first-order valence-electron chi connectivity index (χ1n) is 7.23. The van der Waals surface area contributed by atoms with Crippen molar-refractivity contribution in [1.82, 2.24) is 4.48 Å². The predicted octanol–water partition coefficient (Wildman–Crippen LogP) is 5.58. The molecule has 2 aliphatic heterocycles. The van der Waals surface area contributed by atoms with Crippen LogP contribution in [0.4, 0.5) is 8.63 Å². The van der Waals surface area contributed by atoms with Gasteiger partial charge in [0.25, 0.3) is 0 Å². The SMILES string of the molecule is Cc1cccc(Cl)c1C1=C2C=CC(Br)=[N+]2[B-](F)(F)n2c(Br)ccc21. The van der Waals surface area contributed by atoms with Crippen molar-refractivity contribution in [3.8, 4) is 0 Å². The van der Waals surface area contributed by atoms with Crippen LogP contribution in [-0.4, -0.2) is 20.6 Å². The van der Waals surface area contributed by atoms with Crippen LogP contribution in [0.2, 0.25) is 5.02 Å². The lowest BCUT2D eigenvalue weighted by molar-refractivity contribution is -0.358.